The third kappa shape index (κ3) is 3.96. The molecule has 0 fully saturated rings. The molecular formula is C17H14ClNO4. The highest BCUT2D eigenvalue weighted by atomic mass is 35.5. The molecule has 2 aromatic rings. The highest BCUT2D eigenvalue weighted by Gasteiger charge is 2.18. The molecule has 0 aliphatic rings. The summed E-state index contributed by atoms with van der Waals surface area (Å²) in [6.45, 7) is 1.88. The van der Waals surface area contributed by atoms with Gasteiger partial charge >= 0.3 is 5.97 Å². The largest absolute Gasteiger partial charge is 0.465 e. The van der Waals surface area contributed by atoms with Gasteiger partial charge in [0.1, 0.15) is 0 Å². The van der Waals surface area contributed by atoms with Crippen LogP contribution in [0.3, 0.4) is 0 Å². The zero-order chi connectivity index (χ0) is 17.0. The monoisotopic (exact) mass is 331 g/mol. The molecule has 5 nitrogen and oxygen atoms in total. The summed E-state index contributed by atoms with van der Waals surface area (Å²) in [5.41, 5.74) is 1.64. The minimum absolute atomic E-state index is 0.167. The SMILES string of the molecule is COC(=O)c1ccc(Cl)c(NC(=O)C(=O)c2ccc(C)cc2)c1. The molecule has 1 amide bonds. The van der Waals surface area contributed by atoms with E-state index in [4.69, 9.17) is 11.6 Å². The molecule has 0 saturated carbocycles. The van der Waals surface area contributed by atoms with Crippen molar-refractivity contribution in [2.24, 2.45) is 0 Å². The van der Waals surface area contributed by atoms with Crippen molar-refractivity contribution in [3.8, 4) is 0 Å². The molecule has 0 unspecified atom stereocenters. The molecule has 118 valence electrons. The summed E-state index contributed by atoms with van der Waals surface area (Å²) >= 11 is 5.98. The van der Waals surface area contributed by atoms with Crippen LogP contribution in [0, 0.1) is 6.92 Å². The first-order chi connectivity index (χ1) is 10.9. The zero-order valence-corrected chi connectivity index (χ0v) is 13.3. The number of hydrogen-bond donors (Lipinski definition) is 1. The Kier molecular flexibility index (Phi) is 5.13. The van der Waals surface area contributed by atoms with E-state index < -0.39 is 17.7 Å². The van der Waals surface area contributed by atoms with Crippen LogP contribution < -0.4 is 5.32 Å². The normalized spacial score (nSPS) is 10.0. The predicted octanol–water partition coefficient (Wildman–Crippen LogP) is 3.26. The van der Waals surface area contributed by atoms with Crippen LogP contribution in [0.5, 0.6) is 0 Å². The highest BCUT2D eigenvalue weighted by Crippen LogP contribution is 2.23. The van der Waals surface area contributed by atoms with Gasteiger partial charge in [0.15, 0.2) is 0 Å². The predicted molar refractivity (Wildman–Crippen MR) is 86.9 cm³/mol. The summed E-state index contributed by atoms with van der Waals surface area (Å²) in [6, 6.07) is 10.9. The van der Waals surface area contributed by atoms with Gasteiger partial charge in [-0.25, -0.2) is 4.79 Å². The van der Waals surface area contributed by atoms with E-state index in [1.807, 2.05) is 6.92 Å². The molecule has 0 aromatic heterocycles. The number of halogens is 1. The number of aryl methyl sites for hydroxylation is 1. The van der Waals surface area contributed by atoms with Crippen LogP contribution >= 0.6 is 11.6 Å². The Bertz CT molecular complexity index is 769. The number of ketones is 1. The van der Waals surface area contributed by atoms with Gasteiger partial charge < -0.3 is 10.1 Å². The first kappa shape index (κ1) is 16.7. The van der Waals surface area contributed by atoms with Gasteiger partial charge in [0.2, 0.25) is 0 Å². The second-order valence-electron chi connectivity index (χ2n) is 4.84. The number of anilines is 1. The fourth-order valence-corrected chi connectivity index (χ4v) is 2.05. The molecule has 0 radical (unpaired) electrons. The standard InChI is InChI=1S/C17H14ClNO4/c1-10-3-5-11(6-4-10)15(20)16(21)19-14-9-12(17(22)23-2)7-8-13(14)18/h3-9H,1-2H3,(H,19,21). The van der Waals surface area contributed by atoms with Gasteiger partial charge in [-0.05, 0) is 25.1 Å². The van der Waals surface area contributed by atoms with E-state index in [0.717, 1.165) is 5.56 Å². The number of benzene rings is 2. The fourth-order valence-electron chi connectivity index (χ4n) is 1.88. The lowest BCUT2D eigenvalue weighted by Gasteiger charge is -2.08. The van der Waals surface area contributed by atoms with Crippen molar-refractivity contribution in [1.29, 1.82) is 0 Å². The summed E-state index contributed by atoms with van der Waals surface area (Å²) in [4.78, 5) is 35.7. The third-order valence-electron chi connectivity index (χ3n) is 3.16. The van der Waals surface area contributed by atoms with Crippen molar-refractivity contribution in [3.05, 3.63) is 64.2 Å². The number of amides is 1. The highest BCUT2D eigenvalue weighted by molar-refractivity contribution is 6.47. The first-order valence-electron chi connectivity index (χ1n) is 6.72. The van der Waals surface area contributed by atoms with Crippen molar-refractivity contribution < 1.29 is 19.1 Å². The maximum Gasteiger partial charge on any atom is 0.337 e. The van der Waals surface area contributed by atoms with Crippen LogP contribution in [0.2, 0.25) is 5.02 Å². The minimum atomic E-state index is -0.835. The van der Waals surface area contributed by atoms with Crippen LogP contribution in [0.4, 0.5) is 5.69 Å². The van der Waals surface area contributed by atoms with Crippen molar-refractivity contribution in [1.82, 2.24) is 0 Å². The summed E-state index contributed by atoms with van der Waals surface area (Å²) in [6.07, 6.45) is 0. The lowest BCUT2D eigenvalue weighted by molar-refractivity contribution is -0.112. The van der Waals surface area contributed by atoms with E-state index in [0.29, 0.717) is 0 Å². The fraction of sp³-hybridized carbons (Fsp3) is 0.118. The van der Waals surface area contributed by atoms with Gasteiger partial charge in [0.05, 0.1) is 23.4 Å². The van der Waals surface area contributed by atoms with Crippen molar-refractivity contribution in [3.63, 3.8) is 0 Å². The Morgan fingerprint density at radius 2 is 1.61 bits per heavy atom. The number of rotatable bonds is 4. The van der Waals surface area contributed by atoms with Crippen LogP contribution in [-0.2, 0) is 9.53 Å². The summed E-state index contributed by atoms with van der Waals surface area (Å²) in [5, 5.41) is 2.63. The molecule has 0 atom stereocenters. The van der Waals surface area contributed by atoms with E-state index in [1.165, 1.54) is 25.3 Å². The second-order valence-corrected chi connectivity index (χ2v) is 5.24. The molecule has 0 saturated heterocycles. The number of carbonyl (C=O) groups excluding carboxylic acids is 3. The lowest BCUT2D eigenvalue weighted by atomic mass is 10.1. The molecule has 1 N–H and O–H groups in total. The molecule has 0 spiro atoms. The van der Waals surface area contributed by atoms with E-state index in [9.17, 15) is 14.4 Å². The Hall–Kier alpha value is -2.66. The van der Waals surface area contributed by atoms with Gasteiger partial charge in [-0.1, -0.05) is 41.4 Å². The minimum Gasteiger partial charge on any atom is -0.465 e. The number of carbonyl (C=O) groups is 3. The Balaban J connectivity index is 2.21. The lowest BCUT2D eigenvalue weighted by Crippen LogP contribution is -2.23. The topological polar surface area (TPSA) is 72.5 Å². The van der Waals surface area contributed by atoms with Crippen LogP contribution in [0.15, 0.2) is 42.5 Å². The number of nitrogens with one attached hydrogen (secondary N) is 1. The van der Waals surface area contributed by atoms with Crippen molar-refractivity contribution >= 4 is 34.9 Å². The number of methoxy groups -OCH3 is 1. The summed E-state index contributed by atoms with van der Waals surface area (Å²) in [5.74, 6) is -2.09. The average molecular weight is 332 g/mol. The van der Waals surface area contributed by atoms with Crippen molar-refractivity contribution in [2.45, 2.75) is 6.92 Å². The number of hydrogen-bond acceptors (Lipinski definition) is 4. The quantitative estimate of drug-likeness (QED) is 0.530. The third-order valence-corrected chi connectivity index (χ3v) is 3.49. The van der Waals surface area contributed by atoms with Crippen LogP contribution in [-0.4, -0.2) is 24.8 Å². The Morgan fingerprint density at radius 1 is 1.00 bits per heavy atom. The Labute approximate surface area is 138 Å². The number of esters is 1. The van der Waals surface area contributed by atoms with E-state index in [2.05, 4.69) is 10.1 Å². The molecule has 0 heterocycles. The molecular weight excluding hydrogens is 318 g/mol. The second kappa shape index (κ2) is 7.07. The van der Waals surface area contributed by atoms with Gasteiger partial charge in [-0.15, -0.1) is 0 Å². The smallest absolute Gasteiger partial charge is 0.337 e. The van der Waals surface area contributed by atoms with Gasteiger partial charge in [-0.3, -0.25) is 9.59 Å². The van der Waals surface area contributed by atoms with Crippen molar-refractivity contribution in [2.75, 3.05) is 12.4 Å². The van der Waals surface area contributed by atoms with E-state index in [-0.39, 0.29) is 21.8 Å². The molecule has 6 heteroatoms. The summed E-state index contributed by atoms with van der Waals surface area (Å²) in [7, 11) is 1.25. The number of ether oxygens (including phenoxy) is 1. The zero-order valence-electron chi connectivity index (χ0n) is 12.6. The number of Topliss-reactive ketones (excluding diaryl/α,β-unsaturated/α-hetero) is 1. The molecule has 0 aliphatic heterocycles. The molecule has 2 rings (SSSR count). The molecule has 2 aromatic carbocycles. The Morgan fingerprint density at radius 3 is 2.22 bits per heavy atom. The molecule has 23 heavy (non-hydrogen) atoms. The maximum absolute atomic E-state index is 12.1. The first-order valence-corrected chi connectivity index (χ1v) is 7.10. The van der Waals surface area contributed by atoms with Gasteiger partial charge in [0.25, 0.3) is 11.7 Å². The van der Waals surface area contributed by atoms with Gasteiger partial charge in [-0.2, -0.15) is 0 Å². The van der Waals surface area contributed by atoms with E-state index in [1.54, 1.807) is 24.3 Å². The van der Waals surface area contributed by atoms with Gasteiger partial charge in [0, 0.05) is 5.56 Å². The molecule has 0 bridgehead atoms. The molecule has 0 aliphatic carbocycles. The summed E-state index contributed by atoms with van der Waals surface area (Å²) < 4.78 is 4.60. The van der Waals surface area contributed by atoms with Crippen LogP contribution in [0.1, 0.15) is 26.3 Å². The van der Waals surface area contributed by atoms with Crippen LogP contribution in [0.25, 0.3) is 0 Å². The maximum atomic E-state index is 12.1. The van der Waals surface area contributed by atoms with E-state index >= 15 is 0 Å². The average Bonchev–Trinajstić information content (AvgIpc) is 2.56.